The molecule has 1 aliphatic heterocycles. The molecule has 1 fully saturated rings. The summed E-state index contributed by atoms with van der Waals surface area (Å²) in [6.07, 6.45) is 1.63. The quantitative estimate of drug-likeness (QED) is 0.759. The molecule has 1 rings (SSSR count). The smallest absolute Gasteiger partial charge is 0.239 e. The molecule has 2 unspecified atom stereocenters. The van der Waals surface area contributed by atoms with Crippen LogP contribution < -0.4 is 11.1 Å². The molecule has 0 aromatic rings. The number of amides is 1. The van der Waals surface area contributed by atoms with E-state index in [1.807, 2.05) is 6.92 Å². The number of hydrogen-bond donors (Lipinski definition) is 2. The lowest BCUT2D eigenvalue weighted by atomic mass is 9.96. The van der Waals surface area contributed by atoms with Crippen LogP contribution in [-0.4, -0.2) is 55.2 Å². The minimum Gasteiger partial charge on any atom is -0.379 e. The number of hydrogen-bond acceptors (Lipinski definition) is 4. The van der Waals surface area contributed by atoms with E-state index in [-0.39, 0.29) is 18.3 Å². The highest BCUT2D eigenvalue weighted by molar-refractivity contribution is 5.85. The Labute approximate surface area is 122 Å². The molecular formula is C13H28ClN3O2. The number of rotatable bonds is 6. The highest BCUT2D eigenvalue weighted by Crippen LogP contribution is 2.09. The summed E-state index contributed by atoms with van der Waals surface area (Å²) in [7, 11) is 0. The van der Waals surface area contributed by atoms with Crippen molar-refractivity contribution in [3.05, 3.63) is 0 Å². The van der Waals surface area contributed by atoms with E-state index in [2.05, 4.69) is 17.1 Å². The van der Waals surface area contributed by atoms with Gasteiger partial charge in [0.2, 0.25) is 5.91 Å². The van der Waals surface area contributed by atoms with Crippen LogP contribution in [0.25, 0.3) is 0 Å². The van der Waals surface area contributed by atoms with Crippen molar-refractivity contribution in [2.45, 2.75) is 45.2 Å². The van der Waals surface area contributed by atoms with Gasteiger partial charge in [-0.25, -0.2) is 0 Å². The van der Waals surface area contributed by atoms with E-state index < -0.39 is 5.54 Å². The van der Waals surface area contributed by atoms with Crippen LogP contribution >= 0.6 is 12.4 Å². The molecule has 0 aromatic carbocycles. The van der Waals surface area contributed by atoms with Gasteiger partial charge in [-0.3, -0.25) is 9.69 Å². The van der Waals surface area contributed by atoms with Gasteiger partial charge in [0.1, 0.15) is 0 Å². The molecule has 0 aromatic heterocycles. The Kier molecular flexibility index (Phi) is 8.57. The number of carbonyl (C=O) groups excluding carboxylic acids is 1. The molecule has 1 aliphatic rings. The van der Waals surface area contributed by atoms with Crippen LogP contribution in [0.3, 0.4) is 0 Å². The maximum Gasteiger partial charge on any atom is 0.239 e. The average molecular weight is 294 g/mol. The highest BCUT2D eigenvalue weighted by Gasteiger charge is 2.27. The van der Waals surface area contributed by atoms with Crippen molar-refractivity contribution in [3.63, 3.8) is 0 Å². The first-order valence-corrected chi connectivity index (χ1v) is 6.86. The zero-order valence-electron chi connectivity index (χ0n) is 12.3. The van der Waals surface area contributed by atoms with E-state index in [9.17, 15) is 4.79 Å². The fraction of sp³-hybridized carbons (Fsp3) is 0.923. The number of carbonyl (C=O) groups is 1. The Balaban J connectivity index is 0.00000324. The van der Waals surface area contributed by atoms with E-state index in [4.69, 9.17) is 10.5 Å². The monoisotopic (exact) mass is 293 g/mol. The fourth-order valence-corrected chi connectivity index (χ4v) is 2.22. The van der Waals surface area contributed by atoms with Crippen molar-refractivity contribution in [2.75, 3.05) is 32.8 Å². The zero-order chi connectivity index (χ0) is 13.6. The van der Waals surface area contributed by atoms with E-state index in [0.717, 1.165) is 32.7 Å². The van der Waals surface area contributed by atoms with Crippen molar-refractivity contribution < 1.29 is 9.53 Å². The molecule has 0 radical (unpaired) electrons. The van der Waals surface area contributed by atoms with Gasteiger partial charge < -0.3 is 15.8 Å². The van der Waals surface area contributed by atoms with Gasteiger partial charge in [0.05, 0.1) is 18.8 Å². The van der Waals surface area contributed by atoms with Crippen molar-refractivity contribution in [1.29, 1.82) is 0 Å². The van der Waals surface area contributed by atoms with Crippen molar-refractivity contribution in [1.82, 2.24) is 10.2 Å². The first kappa shape index (κ1) is 18.6. The minimum atomic E-state index is -0.751. The van der Waals surface area contributed by atoms with Crippen LogP contribution in [0.2, 0.25) is 0 Å². The fourth-order valence-electron chi connectivity index (χ4n) is 2.22. The second-order valence-electron chi connectivity index (χ2n) is 5.37. The lowest BCUT2D eigenvalue weighted by Crippen LogP contribution is -2.54. The van der Waals surface area contributed by atoms with Crippen molar-refractivity contribution in [2.24, 2.45) is 5.73 Å². The molecule has 1 amide bonds. The first-order chi connectivity index (χ1) is 8.47. The summed E-state index contributed by atoms with van der Waals surface area (Å²) in [5.74, 6) is -0.0514. The van der Waals surface area contributed by atoms with Crippen LogP contribution in [-0.2, 0) is 9.53 Å². The Morgan fingerprint density at radius 3 is 2.58 bits per heavy atom. The molecule has 0 spiro atoms. The Hall–Kier alpha value is -0.360. The molecule has 6 heteroatoms. The van der Waals surface area contributed by atoms with Gasteiger partial charge in [-0.15, -0.1) is 12.4 Å². The Bertz CT molecular complexity index is 269. The van der Waals surface area contributed by atoms with Crippen LogP contribution in [0.1, 0.15) is 33.6 Å². The summed E-state index contributed by atoms with van der Waals surface area (Å²) in [5, 5.41) is 2.96. The third-order valence-electron chi connectivity index (χ3n) is 3.52. The van der Waals surface area contributed by atoms with Gasteiger partial charge in [0, 0.05) is 25.7 Å². The molecule has 1 heterocycles. The standard InChI is InChI=1S/C13H27N3O2.ClH/c1-4-5-13(3,14)12(17)15-10-11(2)16-6-8-18-9-7-16;/h11H,4-10,14H2,1-3H3,(H,15,17);1H. The van der Waals surface area contributed by atoms with Gasteiger partial charge in [-0.2, -0.15) is 0 Å². The number of nitrogens with two attached hydrogens (primary N) is 1. The van der Waals surface area contributed by atoms with Crippen LogP contribution in [0.4, 0.5) is 0 Å². The summed E-state index contributed by atoms with van der Waals surface area (Å²) in [4.78, 5) is 14.3. The van der Waals surface area contributed by atoms with Crippen LogP contribution in [0.5, 0.6) is 0 Å². The third kappa shape index (κ3) is 6.08. The number of ether oxygens (including phenoxy) is 1. The second-order valence-corrected chi connectivity index (χ2v) is 5.37. The Morgan fingerprint density at radius 1 is 1.47 bits per heavy atom. The normalized spacial score (nSPS) is 21.1. The van der Waals surface area contributed by atoms with Gasteiger partial charge in [-0.1, -0.05) is 13.3 Å². The SMILES string of the molecule is CCCC(C)(N)C(=O)NCC(C)N1CCOCC1.Cl. The van der Waals surface area contributed by atoms with Gasteiger partial charge in [0.15, 0.2) is 0 Å². The molecule has 5 nitrogen and oxygen atoms in total. The van der Waals surface area contributed by atoms with Crippen LogP contribution in [0, 0.1) is 0 Å². The van der Waals surface area contributed by atoms with Gasteiger partial charge >= 0.3 is 0 Å². The molecule has 114 valence electrons. The molecular weight excluding hydrogens is 266 g/mol. The molecule has 0 aliphatic carbocycles. The van der Waals surface area contributed by atoms with Gasteiger partial charge in [0.25, 0.3) is 0 Å². The van der Waals surface area contributed by atoms with E-state index in [1.54, 1.807) is 6.92 Å². The van der Waals surface area contributed by atoms with E-state index in [0.29, 0.717) is 19.0 Å². The third-order valence-corrected chi connectivity index (χ3v) is 3.52. The number of nitrogens with zero attached hydrogens (tertiary/aromatic N) is 1. The highest BCUT2D eigenvalue weighted by atomic mass is 35.5. The van der Waals surface area contributed by atoms with Crippen molar-refractivity contribution >= 4 is 18.3 Å². The molecule has 0 bridgehead atoms. The molecule has 0 saturated carbocycles. The maximum absolute atomic E-state index is 12.0. The minimum absolute atomic E-state index is 0. The predicted molar refractivity (Wildman–Crippen MR) is 79.6 cm³/mol. The number of morpholine rings is 1. The number of nitrogens with one attached hydrogen (secondary N) is 1. The lowest BCUT2D eigenvalue weighted by Gasteiger charge is -2.33. The van der Waals surface area contributed by atoms with E-state index >= 15 is 0 Å². The summed E-state index contributed by atoms with van der Waals surface area (Å²) in [6, 6.07) is 0.329. The average Bonchev–Trinajstić information content (AvgIpc) is 2.36. The Morgan fingerprint density at radius 2 is 2.05 bits per heavy atom. The molecule has 2 atom stereocenters. The lowest BCUT2D eigenvalue weighted by molar-refractivity contribution is -0.126. The molecule has 3 N–H and O–H groups in total. The number of halogens is 1. The first-order valence-electron chi connectivity index (χ1n) is 6.86. The topological polar surface area (TPSA) is 67.6 Å². The van der Waals surface area contributed by atoms with E-state index in [1.165, 1.54) is 0 Å². The second kappa shape index (κ2) is 8.74. The molecule has 1 saturated heterocycles. The predicted octanol–water partition coefficient (Wildman–Crippen LogP) is 0.763. The van der Waals surface area contributed by atoms with Crippen molar-refractivity contribution in [3.8, 4) is 0 Å². The maximum atomic E-state index is 12.0. The van der Waals surface area contributed by atoms with Gasteiger partial charge in [-0.05, 0) is 20.3 Å². The largest absolute Gasteiger partial charge is 0.379 e. The summed E-state index contributed by atoms with van der Waals surface area (Å²) in [5.41, 5.74) is 5.24. The zero-order valence-corrected chi connectivity index (χ0v) is 13.1. The van der Waals surface area contributed by atoms with Crippen LogP contribution in [0.15, 0.2) is 0 Å². The molecule has 19 heavy (non-hydrogen) atoms. The summed E-state index contributed by atoms with van der Waals surface area (Å²) < 4.78 is 5.31. The summed E-state index contributed by atoms with van der Waals surface area (Å²) in [6.45, 7) is 10.0. The summed E-state index contributed by atoms with van der Waals surface area (Å²) >= 11 is 0.